The Bertz CT molecular complexity index is 612. The monoisotopic (exact) mass is 273 g/mol. The molecular weight excluding hydrogens is 258 g/mol. The average molecular weight is 273 g/mol. The molecule has 0 spiro atoms. The van der Waals surface area contributed by atoms with Crippen molar-refractivity contribution in [3.8, 4) is 5.75 Å². The van der Waals surface area contributed by atoms with E-state index in [9.17, 15) is 9.90 Å². The SMILES string of the molecule is Cc1nc(NCCc2ccc(O)cc2)ncc1C(=O)O. The van der Waals surface area contributed by atoms with Gasteiger partial charge in [0.1, 0.15) is 5.75 Å². The van der Waals surface area contributed by atoms with Crippen LogP contribution in [-0.4, -0.2) is 32.7 Å². The van der Waals surface area contributed by atoms with E-state index in [-0.39, 0.29) is 11.3 Å². The fraction of sp³-hybridized carbons (Fsp3) is 0.214. The van der Waals surface area contributed by atoms with Crippen LogP contribution in [0.25, 0.3) is 0 Å². The van der Waals surface area contributed by atoms with Crippen molar-refractivity contribution in [1.29, 1.82) is 0 Å². The van der Waals surface area contributed by atoms with Crippen LogP contribution in [0.5, 0.6) is 5.75 Å². The molecule has 6 nitrogen and oxygen atoms in total. The molecule has 2 aromatic rings. The molecule has 0 radical (unpaired) electrons. The minimum absolute atomic E-state index is 0.106. The van der Waals surface area contributed by atoms with Gasteiger partial charge in [-0.15, -0.1) is 0 Å². The lowest BCUT2D eigenvalue weighted by molar-refractivity contribution is 0.0695. The fourth-order valence-corrected chi connectivity index (χ4v) is 1.74. The van der Waals surface area contributed by atoms with Crippen molar-refractivity contribution >= 4 is 11.9 Å². The van der Waals surface area contributed by atoms with Gasteiger partial charge in [-0.1, -0.05) is 12.1 Å². The zero-order valence-electron chi connectivity index (χ0n) is 11.0. The zero-order chi connectivity index (χ0) is 14.5. The summed E-state index contributed by atoms with van der Waals surface area (Å²) in [7, 11) is 0. The summed E-state index contributed by atoms with van der Waals surface area (Å²) >= 11 is 0. The standard InChI is InChI=1S/C14H15N3O3/c1-9-12(13(19)20)8-16-14(17-9)15-7-6-10-2-4-11(18)5-3-10/h2-5,8,18H,6-7H2,1H3,(H,19,20)(H,15,16,17). The molecule has 1 heterocycles. The van der Waals surface area contributed by atoms with Gasteiger partial charge in [0.2, 0.25) is 5.95 Å². The predicted molar refractivity (Wildman–Crippen MR) is 74.0 cm³/mol. The second kappa shape index (κ2) is 6.01. The van der Waals surface area contributed by atoms with Crippen LogP contribution in [0.4, 0.5) is 5.95 Å². The van der Waals surface area contributed by atoms with Crippen LogP contribution in [0.2, 0.25) is 0 Å². The third-order valence-corrected chi connectivity index (χ3v) is 2.84. The lowest BCUT2D eigenvalue weighted by Crippen LogP contribution is -2.11. The molecule has 0 aliphatic rings. The Morgan fingerprint density at radius 1 is 1.30 bits per heavy atom. The number of phenols is 1. The summed E-state index contributed by atoms with van der Waals surface area (Å²) in [5, 5.41) is 21.1. The molecule has 0 saturated heterocycles. The summed E-state index contributed by atoms with van der Waals surface area (Å²) in [6.07, 6.45) is 2.05. The molecule has 2 rings (SSSR count). The first-order valence-electron chi connectivity index (χ1n) is 6.15. The van der Waals surface area contributed by atoms with Gasteiger partial charge in [0.25, 0.3) is 0 Å². The lowest BCUT2D eigenvalue weighted by Gasteiger charge is -2.07. The van der Waals surface area contributed by atoms with E-state index in [0.29, 0.717) is 18.2 Å². The van der Waals surface area contributed by atoms with E-state index in [2.05, 4.69) is 15.3 Å². The fourth-order valence-electron chi connectivity index (χ4n) is 1.74. The number of nitrogens with zero attached hydrogens (tertiary/aromatic N) is 2. The smallest absolute Gasteiger partial charge is 0.339 e. The largest absolute Gasteiger partial charge is 0.508 e. The number of hydrogen-bond acceptors (Lipinski definition) is 5. The first-order valence-corrected chi connectivity index (χ1v) is 6.15. The number of aromatic hydroxyl groups is 1. The van der Waals surface area contributed by atoms with Crippen LogP contribution in [0, 0.1) is 6.92 Å². The number of benzene rings is 1. The molecule has 0 aliphatic heterocycles. The molecule has 0 amide bonds. The van der Waals surface area contributed by atoms with Gasteiger partial charge in [-0.2, -0.15) is 0 Å². The van der Waals surface area contributed by atoms with Gasteiger partial charge in [-0.25, -0.2) is 14.8 Å². The number of anilines is 1. The van der Waals surface area contributed by atoms with Crippen molar-refractivity contribution in [1.82, 2.24) is 9.97 Å². The number of nitrogens with one attached hydrogen (secondary N) is 1. The van der Waals surface area contributed by atoms with Gasteiger partial charge in [0.05, 0.1) is 11.3 Å². The Morgan fingerprint density at radius 2 is 2.00 bits per heavy atom. The first-order chi connectivity index (χ1) is 9.56. The molecule has 0 atom stereocenters. The Labute approximate surface area is 116 Å². The van der Waals surface area contributed by atoms with Crippen LogP contribution >= 0.6 is 0 Å². The van der Waals surface area contributed by atoms with Crippen molar-refractivity contribution in [3.05, 3.63) is 47.3 Å². The van der Waals surface area contributed by atoms with E-state index in [1.54, 1.807) is 19.1 Å². The van der Waals surface area contributed by atoms with Crippen molar-refractivity contribution in [2.45, 2.75) is 13.3 Å². The molecule has 1 aromatic heterocycles. The van der Waals surface area contributed by atoms with Crippen LogP contribution in [0.15, 0.2) is 30.5 Å². The highest BCUT2D eigenvalue weighted by atomic mass is 16.4. The second-order valence-electron chi connectivity index (χ2n) is 4.34. The minimum atomic E-state index is -1.03. The topological polar surface area (TPSA) is 95.3 Å². The maximum Gasteiger partial charge on any atom is 0.339 e. The van der Waals surface area contributed by atoms with Crippen molar-refractivity contribution in [2.75, 3.05) is 11.9 Å². The van der Waals surface area contributed by atoms with E-state index >= 15 is 0 Å². The summed E-state index contributed by atoms with van der Waals surface area (Å²) in [5.74, 6) is -0.380. The summed E-state index contributed by atoms with van der Waals surface area (Å²) in [5.41, 5.74) is 1.61. The van der Waals surface area contributed by atoms with Gasteiger partial charge in [0.15, 0.2) is 0 Å². The van der Waals surface area contributed by atoms with Crippen molar-refractivity contribution < 1.29 is 15.0 Å². The van der Waals surface area contributed by atoms with E-state index in [1.165, 1.54) is 6.20 Å². The van der Waals surface area contributed by atoms with Crippen LogP contribution in [0.1, 0.15) is 21.6 Å². The highest BCUT2D eigenvalue weighted by Gasteiger charge is 2.09. The molecule has 0 saturated carbocycles. The molecule has 0 bridgehead atoms. The van der Waals surface area contributed by atoms with Crippen LogP contribution < -0.4 is 5.32 Å². The molecule has 6 heteroatoms. The molecular formula is C14H15N3O3. The maximum absolute atomic E-state index is 10.8. The quantitative estimate of drug-likeness (QED) is 0.769. The second-order valence-corrected chi connectivity index (χ2v) is 4.34. The molecule has 0 aliphatic carbocycles. The van der Waals surface area contributed by atoms with Gasteiger partial charge < -0.3 is 15.5 Å². The first kappa shape index (κ1) is 13.8. The molecule has 20 heavy (non-hydrogen) atoms. The van der Waals surface area contributed by atoms with E-state index in [0.717, 1.165) is 12.0 Å². The Hall–Kier alpha value is -2.63. The van der Waals surface area contributed by atoms with Gasteiger partial charge in [0, 0.05) is 12.7 Å². The summed E-state index contributed by atoms with van der Waals surface area (Å²) in [6, 6.07) is 6.96. The van der Waals surface area contributed by atoms with E-state index < -0.39 is 5.97 Å². The zero-order valence-corrected chi connectivity index (χ0v) is 11.0. The minimum Gasteiger partial charge on any atom is -0.508 e. The number of phenolic OH excluding ortho intramolecular Hbond substituents is 1. The third kappa shape index (κ3) is 3.44. The van der Waals surface area contributed by atoms with Gasteiger partial charge >= 0.3 is 5.97 Å². The molecule has 0 fully saturated rings. The summed E-state index contributed by atoms with van der Waals surface area (Å²) in [6.45, 7) is 2.26. The summed E-state index contributed by atoms with van der Waals surface area (Å²) < 4.78 is 0. The number of carboxylic acid groups (broad SMARTS) is 1. The highest BCUT2D eigenvalue weighted by Crippen LogP contribution is 2.11. The van der Waals surface area contributed by atoms with Crippen LogP contribution in [-0.2, 0) is 6.42 Å². The number of aryl methyl sites for hydroxylation is 1. The number of rotatable bonds is 5. The maximum atomic E-state index is 10.8. The number of aromatic nitrogens is 2. The number of hydrogen-bond donors (Lipinski definition) is 3. The number of aromatic carboxylic acids is 1. The normalized spacial score (nSPS) is 10.2. The molecule has 3 N–H and O–H groups in total. The third-order valence-electron chi connectivity index (χ3n) is 2.84. The van der Waals surface area contributed by atoms with Crippen molar-refractivity contribution in [2.24, 2.45) is 0 Å². The molecule has 104 valence electrons. The molecule has 0 unspecified atom stereocenters. The average Bonchev–Trinajstić information content (AvgIpc) is 2.41. The number of carboxylic acids is 1. The van der Waals surface area contributed by atoms with E-state index in [4.69, 9.17) is 5.11 Å². The van der Waals surface area contributed by atoms with Gasteiger partial charge in [-0.3, -0.25) is 0 Å². The van der Waals surface area contributed by atoms with Crippen LogP contribution in [0.3, 0.4) is 0 Å². The Morgan fingerprint density at radius 3 is 2.60 bits per heavy atom. The predicted octanol–water partition coefficient (Wildman–Crippen LogP) is 1.84. The highest BCUT2D eigenvalue weighted by molar-refractivity contribution is 5.88. The Kier molecular flexibility index (Phi) is 4.14. The van der Waals surface area contributed by atoms with Gasteiger partial charge in [-0.05, 0) is 31.0 Å². The number of carbonyl (C=O) groups is 1. The lowest BCUT2D eigenvalue weighted by atomic mass is 10.1. The van der Waals surface area contributed by atoms with Crippen molar-refractivity contribution in [3.63, 3.8) is 0 Å². The summed E-state index contributed by atoms with van der Waals surface area (Å²) in [4.78, 5) is 18.9. The molecule has 1 aromatic carbocycles. The van der Waals surface area contributed by atoms with E-state index in [1.807, 2.05) is 12.1 Å². The Balaban J connectivity index is 1.92.